The molecule has 4 heteroatoms. The number of rotatable bonds is 3. The Morgan fingerprint density at radius 2 is 1.90 bits per heavy atom. The number of benzene rings is 1. The zero-order chi connectivity index (χ0) is 14.9. The predicted octanol–water partition coefficient (Wildman–Crippen LogP) is 3.24. The molecule has 1 aliphatic rings. The van der Waals surface area contributed by atoms with Crippen LogP contribution in [0, 0.1) is 26.7 Å². The summed E-state index contributed by atoms with van der Waals surface area (Å²) in [5, 5.41) is 0.123. The van der Waals surface area contributed by atoms with E-state index in [0.717, 1.165) is 18.0 Å². The van der Waals surface area contributed by atoms with E-state index in [1.807, 2.05) is 4.90 Å². The summed E-state index contributed by atoms with van der Waals surface area (Å²) >= 11 is 1.32. The van der Waals surface area contributed by atoms with Gasteiger partial charge in [0.15, 0.2) is 5.12 Å². The van der Waals surface area contributed by atoms with Crippen LogP contribution in [0.15, 0.2) is 12.1 Å². The van der Waals surface area contributed by atoms with Gasteiger partial charge in [0.25, 0.3) is 0 Å². The summed E-state index contributed by atoms with van der Waals surface area (Å²) in [5.41, 5.74) is 4.71. The summed E-state index contributed by atoms with van der Waals surface area (Å²) in [6.07, 6.45) is 0.548. The van der Waals surface area contributed by atoms with E-state index in [1.54, 1.807) is 6.92 Å². The van der Waals surface area contributed by atoms with E-state index in [-0.39, 0.29) is 16.9 Å². The highest BCUT2D eigenvalue weighted by molar-refractivity contribution is 8.13. The molecular weight excluding hydrogens is 270 g/mol. The second-order valence-corrected chi connectivity index (χ2v) is 6.78. The van der Waals surface area contributed by atoms with Crippen molar-refractivity contribution in [3.63, 3.8) is 0 Å². The van der Waals surface area contributed by atoms with Gasteiger partial charge in [-0.1, -0.05) is 11.8 Å². The summed E-state index contributed by atoms with van der Waals surface area (Å²) < 4.78 is 0. The van der Waals surface area contributed by atoms with Crippen molar-refractivity contribution in [2.75, 3.05) is 17.2 Å². The highest BCUT2D eigenvalue weighted by Gasteiger charge is 2.31. The first-order chi connectivity index (χ1) is 9.38. The first-order valence-corrected chi connectivity index (χ1v) is 7.88. The summed E-state index contributed by atoms with van der Waals surface area (Å²) in [6, 6.07) is 4.17. The highest BCUT2D eigenvalue weighted by Crippen LogP contribution is 2.30. The Morgan fingerprint density at radius 3 is 2.45 bits per heavy atom. The van der Waals surface area contributed by atoms with Gasteiger partial charge < -0.3 is 4.90 Å². The van der Waals surface area contributed by atoms with Crippen LogP contribution >= 0.6 is 11.8 Å². The van der Waals surface area contributed by atoms with Crippen molar-refractivity contribution in [3.05, 3.63) is 28.8 Å². The fraction of sp³-hybridized carbons (Fsp3) is 0.500. The Hall–Kier alpha value is -1.29. The third-order valence-electron chi connectivity index (χ3n) is 3.95. The lowest BCUT2D eigenvalue weighted by atomic mass is 10.0. The number of carbonyl (C=O) groups is 2. The molecule has 108 valence electrons. The topological polar surface area (TPSA) is 37.4 Å². The Bertz CT molecular complexity index is 530. The molecule has 0 bridgehead atoms. The monoisotopic (exact) mass is 291 g/mol. The van der Waals surface area contributed by atoms with Crippen molar-refractivity contribution < 1.29 is 9.59 Å². The number of aryl methyl sites for hydroxylation is 2. The molecule has 1 fully saturated rings. The van der Waals surface area contributed by atoms with Gasteiger partial charge in [0.05, 0.1) is 0 Å². The Labute approximate surface area is 124 Å². The van der Waals surface area contributed by atoms with Crippen LogP contribution < -0.4 is 4.90 Å². The quantitative estimate of drug-likeness (QED) is 0.858. The molecule has 3 nitrogen and oxygen atoms in total. The molecule has 0 saturated carbocycles. The number of hydrogen-bond acceptors (Lipinski definition) is 3. The largest absolute Gasteiger partial charge is 0.312 e. The van der Waals surface area contributed by atoms with E-state index in [1.165, 1.54) is 28.5 Å². The van der Waals surface area contributed by atoms with Crippen LogP contribution in [0.3, 0.4) is 0 Å². The van der Waals surface area contributed by atoms with Gasteiger partial charge in [0, 0.05) is 31.3 Å². The van der Waals surface area contributed by atoms with Crippen molar-refractivity contribution in [2.24, 2.45) is 5.92 Å². The van der Waals surface area contributed by atoms with Gasteiger partial charge in [-0.25, -0.2) is 0 Å². The molecule has 0 N–H and O–H groups in total. The zero-order valence-electron chi connectivity index (χ0n) is 12.5. The lowest BCUT2D eigenvalue weighted by Crippen LogP contribution is -2.25. The van der Waals surface area contributed by atoms with E-state index in [2.05, 4.69) is 32.9 Å². The van der Waals surface area contributed by atoms with Crippen LogP contribution in [0.4, 0.5) is 5.69 Å². The lowest BCUT2D eigenvalue weighted by Gasteiger charge is -2.19. The van der Waals surface area contributed by atoms with E-state index >= 15 is 0 Å². The molecule has 1 aliphatic heterocycles. The molecule has 0 spiro atoms. The molecule has 1 saturated heterocycles. The minimum atomic E-state index is 0.123. The Kier molecular flexibility index (Phi) is 4.53. The third-order valence-corrected chi connectivity index (χ3v) is 5.00. The van der Waals surface area contributed by atoms with Crippen LogP contribution in [-0.4, -0.2) is 23.3 Å². The fourth-order valence-corrected chi connectivity index (χ4v) is 3.24. The summed E-state index contributed by atoms with van der Waals surface area (Å²) in [6.45, 7) is 8.56. The molecule has 0 aromatic heterocycles. The minimum Gasteiger partial charge on any atom is -0.312 e. The maximum absolute atomic E-state index is 12.2. The van der Waals surface area contributed by atoms with Crippen molar-refractivity contribution in [2.45, 2.75) is 34.1 Å². The normalized spacial score (nSPS) is 18.7. The number of nitrogens with zero attached hydrogens (tertiary/aromatic N) is 1. The molecule has 1 aromatic rings. The number of amides is 1. The number of anilines is 1. The molecule has 1 atom stereocenters. The molecule has 2 rings (SSSR count). The van der Waals surface area contributed by atoms with E-state index in [0.29, 0.717) is 6.42 Å². The SMILES string of the molecule is CC(=O)SCC1CC(=O)N(c2cc(C)c(C)c(C)c2)C1. The van der Waals surface area contributed by atoms with Gasteiger partial charge in [-0.3, -0.25) is 9.59 Å². The Balaban J connectivity index is 2.14. The second-order valence-electron chi connectivity index (χ2n) is 5.58. The maximum Gasteiger partial charge on any atom is 0.227 e. The van der Waals surface area contributed by atoms with Crippen LogP contribution in [-0.2, 0) is 9.59 Å². The average Bonchev–Trinajstić information content (AvgIpc) is 2.74. The summed E-state index contributed by atoms with van der Waals surface area (Å²) in [5.74, 6) is 1.18. The van der Waals surface area contributed by atoms with Crippen molar-refractivity contribution in [3.8, 4) is 0 Å². The smallest absolute Gasteiger partial charge is 0.227 e. The van der Waals surface area contributed by atoms with Gasteiger partial charge in [-0.05, 0) is 55.5 Å². The molecule has 1 unspecified atom stereocenters. The van der Waals surface area contributed by atoms with Gasteiger partial charge in [-0.15, -0.1) is 0 Å². The number of thioether (sulfide) groups is 1. The van der Waals surface area contributed by atoms with E-state index in [9.17, 15) is 9.59 Å². The highest BCUT2D eigenvalue weighted by atomic mass is 32.2. The lowest BCUT2D eigenvalue weighted by molar-refractivity contribution is -0.117. The molecule has 1 aromatic carbocycles. The first-order valence-electron chi connectivity index (χ1n) is 6.90. The van der Waals surface area contributed by atoms with Gasteiger partial charge in [0.1, 0.15) is 0 Å². The number of hydrogen-bond donors (Lipinski definition) is 0. The van der Waals surface area contributed by atoms with Crippen molar-refractivity contribution in [1.29, 1.82) is 0 Å². The van der Waals surface area contributed by atoms with Crippen LogP contribution in [0.1, 0.15) is 30.0 Å². The molecule has 20 heavy (non-hydrogen) atoms. The zero-order valence-corrected chi connectivity index (χ0v) is 13.3. The third kappa shape index (κ3) is 3.23. The fourth-order valence-electron chi connectivity index (χ4n) is 2.55. The average molecular weight is 291 g/mol. The molecule has 0 radical (unpaired) electrons. The molecule has 1 amide bonds. The number of carbonyl (C=O) groups excluding carboxylic acids is 2. The molecule has 1 heterocycles. The van der Waals surface area contributed by atoms with Crippen molar-refractivity contribution in [1.82, 2.24) is 0 Å². The maximum atomic E-state index is 12.2. The van der Waals surface area contributed by atoms with Gasteiger partial charge >= 0.3 is 0 Å². The summed E-state index contributed by atoms with van der Waals surface area (Å²) in [7, 11) is 0. The minimum absolute atomic E-state index is 0.123. The van der Waals surface area contributed by atoms with E-state index in [4.69, 9.17) is 0 Å². The Morgan fingerprint density at radius 1 is 1.30 bits per heavy atom. The van der Waals surface area contributed by atoms with Crippen molar-refractivity contribution >= 4 is 28.5 Å². The summed E-state index contributed by atoms with van der Waals surface area (Å²) in [4.78, 5) is 25.1. The predicted molar refractivity (Wildman–Crippen MR) is 84.3 cm³/mol. The van der Waals surface area contributed by atoms with Gasteiger partial charge in [0.2, 0.25) is 5.91 Å². The van der Waals surface area contributed by atoms with Crippen LogP contribution in [0.2, 0.25) is 0 Å². The molecular formula is C16H21NO2S. The molecule has 0 aliphatic carbocycles. The first kappa shape index (κ1) is 15.1. The van der Waals surface area contributed by atoms with E-state index < -0.39 is 0 Å². The standard InChI is InChI=1S/C16H21NO2S/c1-10-5-15(6-11(2)12(10)3)17-8-14(7-16(17)19)9-20-13(4)18/h5-6,14H,7-9H2,1-4H3. The second kappa shape index (κ2) is 6.00. The van der Waals surface area contributed by atoms with Crippen LogP contribution in [0.5, 0.6) is 0 Å². The van der Waals surface area contributed by atoms with Gasteiger partial charge in [-0.2, -0.15) is 0 Å². The van der Waals surface area contributed by atoms with Crippen LogP contribution in [0.25, 0.3) is 0 Å².